The Labute approximate surface area is 161 Å². The van der Waals surface area contributed by atoms with Gasteiger partial charge in [-0.05, 0) is 18.9 Å². The monoisotopic (exact) mass is 411 g/mol. The summed E-state index contributed by atoms with van der Waals surface area (Å²) in [5.41, 5.74) is 0.0302. The van der Waals surface area contributed by atoms with Gasteiger partial charge in [-0.2, -0.15) is 5.10 Å². The molecule has 29 heavy (non-hydrogen) atoms. The molecule has 0 radical (unpaired) electrons. The van der Waals surface area contributed by atoms with E-state index in [4.69, 9.17) is 0 Å². The summed E-state index contributed by atoms with van der Waals surface area (Å²) in [6, 6.07) is 5.36. The second-order valence-electron chi connectivity index (χ2n) is 6.84. The van der Waals surface area contributed by atoms with Gasteiger partial charge < -0.3 is 9.72 Å². The van der Waals surface area contributed by atoms with Crippen molar-refractivity contribution in [2.75, 3.05) is 13.1 Å². The van der Waals surface area contributed by atoms with Gasteiger partial charge in [-0.3, -0.25) is 4.79 Å². The van der Waals surface area contributed by atoms with Gasteiger partial charge in [0.1, 0.15) is 17.0 Å². The Morgan fingerprint density at radius 1 is 1.28 bits per heavy atom. The minimum atomic E-state index is -4.83. The number of halogens is 4. The summed E-state index contributed by atoms with van der Waals surface area (Å²) >= 11 is 0. The van der Waals surface area contributed by atoms with E-state index in [1.807, 2.05) is 0 Å². The first-order valence-corrected chi connectivity index (χ1v) is 9.01. The van der Waals surface area contributed by atoms with Crippen LogP contribution in [0.5, 0.6) is 5.75 Å². The normalized spacial score (nSPS) is 18.3. The zero-order valence-corrected chi connectivity index (χ0v) is 15.1. The molecule has 1 aromatic carbocycles. The van der Waals surface area contributed by atoms with Crippen molar-refractivity contribution in [3.8, 4) is 5.75 Å². The first kappa shape index (κ1) is 19.4. The molecule has 3 heterocycles. The first-order valence-electron chi connectivity index (χ1n) is 9.01. The number of hydrogen-bond acceptors (Lipinski definition) is 5. The van der Waals surface area contributed by atoms with Crippen molar-refractivity contribution in [2.24, 2.45) is 0 Å². The SMILES string of the molecule is O=c1[nH]c(Cc2ccccc2OC(F)(F)F)nc2c1cnn2C1CCCN(F)C1. The molecule has 0 saturated carbocycles. The van der Waals surface area contributed by atoms with E-state index in [9.17, 15) is 22.4 Å². The zero-order chi connectivity index (χ0) is 20.6. The highest BCUT2D eigenvalue weighted by Crippen LogP contribution is 2.28. The Hall–Kier alpha value is -2.95. The minimum Gasteiger partial charge on any atom is -0.405 e. The lowest BCUT2D eigenvalue weighted by Gasteiger charge is -2.26. The fourth-order valence-corrected chi connectivity index (χ4v) is 3.50. The highest BCUT2D eigenvalue weighted by molar-refractivity contribution is 5.73. The molecule has 0 aliphatic carbocycles. The molecule has 0 spiro atoms. The first-order chi connectivity index (χ1) is 13.8. The molecule has 1 N–H and O–H groups in total. The van der Waals surface area contributed by atoms with Crippen LogP contribution in [-0.2, 0) is 6.42 Å². The van der Waals surface area contributed by atoms with Crippen LogP contribution in [0.4, 0.5) is 17.7 Å². The number of piperidine rings is 1. The van der Waals surface area contributed by atoms with Gasteiger partial charge in [-0.1, -0.05) is 18.2 Å². The van der Waals surface area contributed by atoms with Gasteiger partial charge in [0.15, 0.2) is 5.65 Å². The topological polar surface area (TPSA) is 76.0 Å². The number of ether oxygens (including phenoxy) is 1. The molecule has 1 aliphatic rings. The third-order valence-electron chi connectivity index (χ3n) is 4.76. The minimum absolute atomic E-state index is 0.0808. The third-order valence-corrected chi connectivity index (χ3v) is 4.76. The summed E-state index contributed by atoms with van der Waals surface area (Å²) in [7, 11) is 0. The zero-order valence-electron chi connectivity index (χ0n) is 15.1. The Morgan fingerprint density at radius 3 is 2.83 bits per heavy atom. The number of nitrogens with zero attached hydrogens (tertiary/aromatic N) is 4. The largest absolute Gasteiger partial charge is 0.573 e. The molecule has 11 heteroatoms. The molecule has 0 amide bonds. The molecular weight excluding hydrogens is 394 g/mol. The highest BCUT2D eigenvalue weighted by atomic mass is 19.4. The second-order valence-corrected chi connectivity index (χ2v) is 6.84. The number of aromatic nitrogens is 4. The van der Waals surface area contributed by atoms with Crippen molar-refractivity contribution in [2.45, 2.75) is 31.7 Å². The molecule has 2 aromatic heterocycles. The standard InChI is InChI=1S/C18H17F4N5O2/c19-18(20,21)29-14-6-2-1-4-11(14)8-15-24-16-13(17(28)25-15)9-23-27(16)12-5-3-7-26(22)10-12/h1-2,4,6,9,12H,3,5,7-8,10H2,(H,24,25,28). The van der Waals surface area contributed by atoms with E-state index < -0.39 is 11.9 Å². The van der Waals surface area contributed by atoms with Crippen LogP contribution in [0, 0.1) is 0 Å². The molecule has 4 rings (SSSR count). The van der Waals surface area contributed by atoms with Crippen LogP contribution in [0.25, 0.3) is 11.0 Å². The number of hydrogen-bond donors (Lipinski definition) is 1. The van der Waals surface area contributed by atoms with Gasteiger partial charge in [0.25, 0.3) is 5.56 Å². The van der Waals surface area contributed by atoms with Gasteiger partial charge in [0, 0.05) is 18.5 Å². The lowest BCUT2D eigenvalue weighted by molar-refractivity contribution is -0.274. The van der Waals surface area contributed by atoms with Crippen molar-refractivity contribution in [1.29, 1.82) is 0 Å². The lowest BCUT2D eigenvalue weighted by atomic mass is 10.1. The van der Waals surface area contributed by atoms with E-state index in [1.165, 1.54) is 29.1 Å². The van der Waals surface area contributed by atoms with Crippen molar-refractivity contribution >= 4 is 11.0 Å². The molecule has 7 nitrogen and oxygen atoms in total. The third kappa shape index (κ3) is 4.24. The predicted octanol–water partition coefficient (Wildman–Crippen LogP) is 3.13. The Bertz CT molecular complexity index is 1080. The molecule has 1 saturated heterocycles. The number of alkyl halides is 3. The lowest BCUT2D eigenvalue weighted by Crippen LogP contribution is -2.31. The maximum atomic E-state index is 13.6. The Kier molecular flexibility index (Phi) is 4.99. The van der Waals surface area contributed by atoms with Gasteiger partial charge in [0.2, 0.25) is 0 Å². The summed E-state index contributed by atoms with van der Waals surface area (Å²) in [4.78, 5) is 19.4. The summed E-state index contributed by atoms with van der Waals surface area (Å²) in [5.74, 6) is -0.202. The molecule has 154 valence electrons. The van der Waals surface area contributed by atoms with Crippen molar-refractivity contribution < 1.29 is 22.4 Å². The number of aromatic amines is 1. The van der Waals surface area contributed by atoms with Crippen LogP contribution in [0.3, 0.4) is 0 Å². The molecule has 0 bridgehead atoms. The van der Waals surface area contributed by atoms with E-state index in [-0.39, 0.29) is 47.2 Å². The van der Waals surface area contributed by atoms with Gasteiger partial charge in [-0.25, -0.2) is 9.67 Å². The van der Waals surface area contributed by atoms with E-state index in [1.54, 1.807) is 6.07 Å². The number of H-pyrrole nitrogens is 1. The molecular formula is C18H17F4N5O2. The van der Waals surface area contributed by atoms with Crippen molar-refractivity contribution in [1.82, 2.24) is 24.9 Å². The number of nitrogens with one attached hydrogen (secondary N) is 1. The Balaban J connectivity index is 1.69. The Morgan fingerprint density at radius 2 is 2.07 bits per heavy atom. The smallest absolute Gasteiger partial charge is 0.405 e. The summed E-state index contributed by atoms with van der Waals surface area (Å²) < 4.78 is 57.1. The molecule has 1 unspecified atom stereocenters. The van der Waals surface area contributed by atoms with Crippen LogP contribution in [0.2, 0.25) is 0 Å². The highest BCUT2D eigenvalue weighted by Gasteiger charge is 2.32. The van der Waals surface area contributed by atoms with Crippen LogP contribution in [-0.4, -0.2) is 44.3 Å². The summed E-state index contributed by atoms with van der Waals surface area (Å²) in [6.07, 6.45) is -2.23. The van der Waals surface area contributed by atoms with E-state index in [2.05, 4.69) is 19.8 Å². The van der Waals surface area contributed by atoms with Crippen LogP contribution in [0.15, 0.2) is 35.3 Å². The predicted molar refractivity (Wildman–Crippen MR) is 95.0 cm³/mol. The maximum Gasteiger partial charge on any atom is 0.573 e. The second kappa shape index (κ2) is 7.47. The average Bonchev–Trinajstić information content (AvgIpc) is 3.07. The number of rotatable bonds is 4. The van der Waals surface area contributed by atoms with Gasteiger partial charge in [-0.15, -0.1) is 22.8 Å². The average molecular weight is 411 g/mol. The van der Waals surface area contributed by atoms with Crippen LogP contribution >= 0.6 is 0 Å². The summed E-state index contributed by atoms with van der Waals surface area (Å²) in [5, 5.41) is 5.13. The van der Waals surface area contributed by atoms with Gasteiger partial charge in [0.05, 0.1) is 18.8 Å². The molecule has 1 fully saturated rings. The molecule has 1 aliphatic heterocycles. The van der Waals surface area contributed by atoms with Crippen LogP contribution < -0.4 is 10.3 Å². The fraction of sp³-hybridized carbons (Fsp3) is 0.389. The van der Waals surface area contributed by atoms with E-state index in [0.29, 0.717) is 24.5 Å². The summed E-state index contributed by atoms with van der Waals surface area (Å²) in [6.45, 7) is 0.466. The van der Waals surface area contributed by atoms with E-state index in [0.717, 1.165) is 0 Å². The number of fused-ring (bicyclic) bond motifs is 1. The number of para-hydroxylation sites is 1. The van der Waals surface area contributed by atoms with E-state index >= 15 is 0 Å². The number of benzene rings is 1. The van der Waals surface area contributed by atoms with Crippen molar-refractivity contribution in [3.63, 3.8) is 0 Å². The quantitative estimate of drug-likeness (QED) is 0.527. The van der Waals surface area contributed by atoms with Crippen LogP contribution in [0.1, 0.15) is 30.3 Å². The maximum absolute atomic E-state index is 13.6. The van der Waals surface area contributed by atoms with Crippen molar-refractivity contribution in [3.05, 3.63) is 52.2 Å². The van der Waals surface area contributed by atoms with Gasteiger partial charge >= 0.3 is 6.36 Å². The molecule has 1 atom stereocenters. The molecule has 3 aromatic rings. The fourth-order valence-electron chi connectivity index (χ4n) is 3.50.